The minimum absolute atomic E-state index is 0.206. The van der Waals surface area contributed by atoms with Gasteiger partial charge in [-0.15, -0.1) is 0 Å². The van der Waals surface area contributed by atoms with Crippen molar-refractivity contribution in [2.75, 3.05) is 38.1 Å². The van der Waals surface area contributed by atoms with Crippen molar-refractivity contribution in [3.8, 4) is 0 Å². The third-order valence-corrected chi connectivity index (χ3v) is 3.95. The summed E-state index contributed by atoms with van der Waals surface area (Å²) in [5.74, 6) is -0.618. The first-order valence-corrected chi connectivity index (χ1v) is 6.79. The van der Waals surface area contributed by atoms with Crippen LogP contribution in [0.2, 0.25) is 0 Å². The Kier molecular flexibility index (Phi) is 4.43. The molecule has 104 valence electrons. The van der Waals surface area contributed by atoms with Crippen molar-refractivity contribution in [1.29, 1.82) is 0 Å². The number of likely N-dealkylation sites (tertiary alicyclic amines) is 1. The summed E-state index contributed by atoms with van der Waals surface area (Å²) < 4.78 is 0. The van der Waals surface area contributed by atoms with Gasteiger partial charge in [-0.1, -0.05) is 25.1 Å². The summed E-state index contributed by atoms with van der Waals surface area (Å²) in [4.78, 5) is 15.5. The van der Waals surface area contributed by atoms with Gasteiger partial charge in [0.25, 0.3) is 0 Å². The third kappa shape index (κ3) is 3.47. The summed E-state index contributed by atoms with van der Waals surface area (Å²) in [6.07, 6.45) is 0. The molecule has 4 heteroatoms. The van der Waals surface area contributed by atoms with Gasteiger partial charge in [0.2, 0.25) is 0 Å². The number of carboxylic acids is 1. The van der Waals surface area contributed by atoms with E-state index in [0.717, 1.165) is 19.6 Å². The van der Waals surface area contributed by atoms with Crippen molar-refractivity contribution in [1.82, 2.24) is 4.90 Å². The zero-order chi connectivity index (χ0) is 13.8. The number of hydrogen-bond donors (Lipinski definition) is 1. The van der Waals surface area contributed by atoms with Crippen LogP contribution in [0.25, 0.3) is 0 Å². The monoisotopic (exact) mass is 262 g/mol. The Labute approximate surface area is 114 Å². The van der Waals surface area contributed by atoms with E-state index in [9.17, 15) is 4.79 Å². The predicted octanol–water partition coefficient (Wildman–Crippen LogP) is 1.78. The standard InChI is InChI=1S/C15H22N2O2/c1-12-10-17(11-14(12)15(18)19)9-8-16(2)13-6-4-3-5-7-13/h3-7,12,14H,8-11H2,1-2H3,(H,18,19)/t12-,14-/m1/s1. The maximum Gasteiger partial charge on any atom is 0.308 e. The average Bonchev–Trinajstić information content (AvgIpc) is 2.78. The van der Waals surface area contributed by atoms with Crippen molar-refractivity contribution in [3.63, 3.8) is 0 Å². The molecule has 4 nitrogen and oxygen atoms in total. The Morgan fingerprint density at radius 3 is 2.63 bits per heavy atom. The van der Waals surface area contributed by atoms with Gasteiger partial charge in [0.05, 0.1) is 5.92 Å². The van der Waals surface area contributed by atoms with Gasteiger partial charge in [-0.25, -0.2) is 0 Å². The Balaban J connectivity index is 1.82. The molecular weight excluding hydrogens is 240 g/mol. The summed E-state index contributed by atoms with van der Waals surface area (Å²) in [7, 11) is 2.07. The van der Waals surface area contributed by atoms with Crippen molar-refractivity contribution < 1.29 is 9.90 Å². The minimum Gasteiger partial charge on any atom is -0.481 e. The summed E-state index contributed by atoms with van der Waals surface area (Å²) in [6.45, 7) is 5.43. The van der Waals surface area contributed by atoms with Crippen LogP contribution in [0.15, 0.2) is 30.3 Å². The van der Waals surface area contributed by atoms with Crippen molar-refractivity contribution >= 4 is 11.7 Å². The van der Waals surface area contributed by atoms with Crippen LogP contribution in [-0.2, 0) is 4.79 Å². The molecule has 2 atom stereocenters. The molecule has 1 aromatic rings. The van der Waals surface area contributed by atoms with Crippen LogP contribution in [0, 0.1) is 11.8 Å². The number of rotatable bonds is 5. The van der Waals surface area contributed by atoms with Crippen molar-refractivity contribution in [2.45, 2.75) is 6.92 Å². The highest BCUT2D eigenvalue weighted by Gasteiger charge is 2.34. The van der Waals surface area contributed by atoms with Crippen LogP contribution in [-0.4, -0.2) is 49.2 Å². The molecule has 0 unspecified atom stereocenters. The van der Waals surface area contributed by atoms with Crippen molar-refractivity contribution in [2.24, 2.45) is 11.8 Å². The molecule has 0 spiro atoms. The predicted molar refractivity (Wildman–Crippen MR) is 76.4 cm³/mol. The van der Waals surface area contributed by atoms with Gasteiger partial charge in [-0.3, -0.25) is 4.79 Å². The molecule has 19 heavy (non-hydrogen) atoms. The number of likely N-dealkylation sites (N-methyl/N-ethyl adjacent to an activating group) is 1. The van der Waals surface area contributed by atoms with E-state index >= 15 is 0 Å². The lowest BCUT2D eigenvalue weighted by Gasteiger charge is -2.23. The van der Waals surface area contributed by atoms with E-state index in [1.165, 1.54) is 5.69 Å². The number of hydrogen-bond acceptors (Lipinski definition) is 3. The summed E-state index contributed by atoms with van der Waals surface area (Å²) in [5, 5.41) is 9.12. The molecule has 1 N–H and O–H groups in total. The van der Waals surface area contributed by atoms with Crippen LogP contribution in [0.4, 0.5) is 5.69 Å². The number of carboxylic acid groups (broad SMARTS) is 1. The highest BCUT2D eigenvalue weighted by Crippen LogP contribution is 2.23. The van der Waals surface area contributed by atoms with Crippen LogP contribution in [0.5, 0.6) is 0 Å². The van der Waals surface area contributed by atoms with E-state index in [0.29, 0.717) is 6.54 Å². The van der Waals surface area contributed by atoms with E-state index in [-0.39, 0.29) is 11.8 Å². The van der Waals surface area contributed by atoms with Crippen LogP contribution < -0.4 is 4.90 Å². The first kappa shape index (κ1) is 13.9. The molecule has 2 rings (SSSR count). The summed E-state index contributed by atoms with van der Waals surface area (Å²) in [5.41, 5.74) is 1.20. The largest absolute Gasteiger partial charge is 0.481 e. The fourth-order valence-electron chi connectivity index (χ4n) is 2.67. The molecule has 1 fully saturated rings. The lowest BCUT2D eigenvalue weighted by atomic mass is 9.99. The molecule has 1 aromatic carbocycles. The minimum atomic E-state index is -0.661. The number of para-hydroxylation sites is 1. The summed E-state index contributed by atoms with van der Waals surface area (Å²) >= 11 is 0. The molecule has 0 aliphatic carbocycles. The number of benzene rings is 1. The van der Waals surface area contributed by atoms with Gasteiger partial charge < -0.3 is 14.9 Å². The molecule has 1 aliphatic rings. The van der Waals surface area contributed by atoms with Gasteiger partial charge in [-0.05, 0) is 18.1 Å². The normalized spacial score (nSPS) is 23.5. The van der Waals surface area contributed by atoms with E-state index < -0.39 is 5.97 Å². The Morgan fingerprint density at radius 1 is 1.37 bits per heavy atom. The molecular formula is C15H22N2O2. The fourth-order valence-corrected chi connectivity index (χ4v) is 2.67. The molecule has 1 aliphatic heterocycles. The highest BCUT2D eigenvalue weighted by molar-refractivity contribution is 5.71. The van der Waals surface area contributed by atoms with Crippen LogP contribution >= 0.6 is 0 Å². The molecule has 1 heterocycles. The summed E-state index contributed by atoms with van der Waals surface area (Å²) in [6, 6.07) is 10.3. The topological polar surface area (TPSA) is 43.8 Å². The molecule has 0 amide bonds. The molecule has 0 aromatic heterocycles. The number of nitrogens with zero attached hydrogens (tertiary/aromatic N) is 2. The first-order chi connectivity index (χ1) is 9.08. The van der Waals surface area contributed by atoms with Crippen molar-refractivity contribution in [3.05, 3.63) is 30.3 Å². The van der Waals surface area contributed by atoms with Gasteiger partial charge >= 0.3 is 5.97 Å². The van der Waals surface area contributed by atoms with E-state index in [2.05, 4.69) is 29.0 Å². The molecule has 0 radical (unpaired) electrons. The second-order valence-corrected chi connectivity index (χ2v) is 5.44. The Morgan fingerprint density at radius 2 is 2.05 bits per heavy atom. The van der Waals surface area contributed by atoms with Gasteiger partial charge in [0, 0.05) is 38.9 Å². The molecule has 1 saturated heterocycles. The zero-order valence-corrected chi connectivity index (χ0v) is 11.6. The lowest BCUT2D eigenvalue weighted by Crippen LogP contribution is -2.32. The van der Waals surface area contributed by atoms with Crippen LogP contribution in [0.3, 0.4) is 0 Å². The Bertz CT molecular complexity index is 421. The van der Waals surface area contributed by atoms with E-state index in [1.54, 1.807) is 0 Å². The SMILES string of the molecule is C[C@@H]1CN(CCN(C)c2ccccc2)C[C@H]1C(=O)O. The number of carbonyl (C=O) groups is 1. The van der Waals surface area contributed by atoms with E-state index in [4.69, 9.17) is 5.11 Å². The number of aliphatic carboxylic acids is 1. The van der Waals surface area contributed by atoms with Gasteiger partial charge in [-0.2, -0.15) is 0 Å². The highest BCUT2D eigenvalue weighted by atomic mass is 16.4. The van der Waals surface area contributed by atoms with Crippen LogP contribution in [0.1, 0.15) is 6.92 Å². The second kappa shape index (κ2) is 6.06. The zero-order valence-electron chi connectivity index (χ0n) is 11.6. The lowest BCUT2D eigenvalue weighted by molar-refractivity contribution is -0.142. The maximum absolute atomic E-state index is 11.1. The average molecular weight is 262 g/mol. The first-order valence-electron chi connectivity index (χ1n) is 6.79. The third-order valence-electron chi connectivity index (χ3n) is 3.95. The molecule has 0 saturated carbocycles. The fraction of sp³-hybridized carbons (Fsp3) is 0.533. The number of anilines is 1. The second-order valence-electron chi connectivity index (χ2n) is 5.44. The smallest absolute Gasteiger partial charge is 0.308 e. The maximum atomic E-state index is 11.1. The van der Waals surface area contributed by atoms with E-state index in [1.807, 2.05) is 25.1 Å². The van der Waals surface area contributed by atoms with Gasteiger partial charge in [0.1, 0.15) is 0 Å². The Hall–Kier alpha value is -1.55. The quantitative estimate of drug-likeness (QED) is 0.878. The van der Waals surface area contributed by atoms with Gasteiger partial charge in [0.15, 0.2) is 0 Å². The molecule has 0 bridgehead atoms.